The van der Waals surface area contributed by atoms with E-state index in [2.05, 4.69) is 9.98 Å². The van der Waals surface area contributed by atoms with Crippen molar-refractivity contribution in [2.24, 2.45) is 15.9 Å². The number of hydrogen-bond donors (Lipinski definition) is 10. The van der Waals surface area contributed by atoms with Crippen molar-refractivity contribution in [3.05, 3.63) is 94.6 Å². The molecule has 1 saturated heterocycles. The minimum absolute atomic E-state index is 0.000318. The van der Waals surface area contributed by atoms with Crippen LogP contribution in [-0.2, 0) is 26.2 Å². The van der Waals surface area contributed by atoms with Gasteiger partial charge in [0, 0.05) is 47.2 Å². The quantitative estimate of drug-likeness (QED) is 0.0653. The minimum atomic E-state index is -3.18. The second-order valence-corrected chi connectivity index (χ2v) is 19.4. The molecule has 3 fully saturated rings. The third-order valence-electron chi connectivity index (χ3n) is 15.3. The summed E-state index contributed by atoms with van der Waals surface area (Å²) in [6.07, 6.45) is 6.17. The van der Waals surface area contributed by atoms with Gasteiger partial charge in [0.05, 0.1) is 23.6 Å². The van der Waals surface area contributed by atoms with Crippen molar-refractivity contribution in [2.45, 2.75) is 136 Å². The van der Waals surface area contributed by atoms with Crippen molar-refractivity contribution < 1.29 is 70.1 Å². The number of carboxylic acid groups (broad SMARTS) is 1. The van der Waals surface area contributed by atoms with Crippen molar-refractivity contribution >= 4 is 35.6 Å². The summed E-state index contributed by atoms with van der Waals surface area (Å²) in [7, 11) is 0. The first kappa shape index (κ1) is 47.4. The topological polar surface area (TPSA) is 283 Å². The number of rotatable bonds is 13. The number of aliphatic hydroxyl groups excluding tert-OH is 4. The summed E-state index contributed by atoms with van der Waals surface area (Å²) >= 11 is 0. The number of phenols is 3. The Morgan fingerprint density at radius 2 is 1.57 bits per heavy atom. The fourth-order valence-electron chi connectivity index (χ4n) is 12.1. The number of benzene rings is 3. The number of allylic oxidation sites excluding steroid dienone is 1. The van der Waals surface area contributed by atoms with Crippen molar-refractivity contribution in [2.75, 3.05) is 18.2 Å². The van der Waals surface area contributed by atoms with E-state index in [1.54, 1.807) is 36.6 Å². The molecule has 0 spiro atoms. The molecule has 3 aromatic rings. The van der Waals surface area contributed by atoms with Crippen LogP contribution in [0.25, 0.3) is 6.08 Å². The van der Waals surface area contributed by atoms with Gasteiger partial charge < -0.3 is 60.5 Å². The van der Waals surface area contributed by atoms with Crippen LogP contribution in [0.3, 0.4) is 0 Å². The van der Waals surface area contributed by atoms with E-state index in [1.807, 2.05) is 12.1 Å². The number of aromatic hydroxyl groups is 3. The van der Waals surface area contributed by atoms with Crippen LogP contribution in [0.15, 0.2) is 82.3 Å². The monoisotopic (exact) mass is 937 g/mol. The van der Waals surface area contributed by atoms with Crippen LogP contribution in [0.2, 0.25) is 0 Å². The van der Waals surface area contributed by atoms with Crippen molar-refractivity contribution in [1.29, 1.82) is 0 Å². The molecule has 10 N–H and O–H groups in total. The van der Waals surface area contributed by atoms with Gasteiger partial charge in [0.25, 0.3) is 5.91 Å². The molecule has 3 heterocycles. The highest BCUT2D eigenvalue weighted by Gasteiger charge is 2.68. The molecule has 362 valence electrons. The molecule has 68 heavy (non-hydrogen) atoms. The van der Waals surface area contributed by atoms with Gasteiger partial charge in [-0.3, -0.25) is 19.7 Å². The zero-order valence-corrected chi connectivity index (χ0v) is 37.5. The molecule has 6 aliphatic rings. The number of anilines is 1. The highest BCUT2D eigenvalue weighted by Crippen LogP contribution is 2.67. The second kappa shape index (κ2) is 18.3. The molecule has 17 heteroatoms. The summed E-state index contributed by atoms with van der Waals surface area (Å²) in [5.41, 5.74) is -0.963. The Balaban J connectivity index is 1.22. The molecular weight excluding hydrogens is 879 g/mol. The summed E-state index contributed by atoms with van der Waals surface area (Å²) in [5, 5.41) is 111. The lowest BCUT2D eigenvalue weighted by atomic mass is 9.55. The van der Waals surface area contributed by atoms with Crippen molar-refractivity contribution in [1.82, 2.24) is 0 Å². The van der Waals surface area contributed by atoms with Crippen molar-refractivity contribution in [3.63, 3.8) is 0 Å². The summed E-state index contributed by atoms with van der Waals surface area (Å²) in [5.74, 6) is -8.49. The first-order valence-corrected chi connectivity index (χ1v) is 23.5. The lowest BCUT2D eigenvalue weighted by Crippen LogP contribution is -2.67. The van der Waals surface area contributed by atoms with E-state index >= 15 is 4.79 Å². The number of carboxylic acids is 1. The van der Waals surface area contributed by atoms with Crippen molar-refractivity contribution in [3.8, 4) is 23.0 Å². The summed E-state index contributed by atoms with van der Waals surface area (Å²) in [6.45, 7) is -0.632. The van der Waals surface area contributed by atoms with Crippen LogP contribution in [-0.4, -0.2) is 130 Å². The van der Waals surface area contributed by atoms with Crippen LogP contribution in [0, 0.1) is 5.92 Å². The standard InChI is InChI=1S/C51H59N3O14/c55-27-40-44(60)45(61)46(62)51(66,68-40)67-39-24-35-33(23-38(39)58)43-42(49(18-7-2-8-19-49)34-9-3-4-10-37(34)57)30(15-20-48(65)16-5-1-6-17-48)25-50(43,47(63)64)54(35)41(59)14-12-29-11-13-36(56)31(21-29)22-32-26-52-28-53-32/h3-4,9-14,21,23-26,40,42-46,55-58,60-62,65-66H,1-2,5-8,15-20,22,27-28H2,(H,63,64)/b14-12+/t40-,42-,43+,44-,45+,46-,50-,51+/m1/s1. The van der Waals surface area contributed by atoms with Crippen LogP contribution < -0.4 is 9.64 Å². The van der Waals surface area contributed by atoms with Gasteiger partial charge in [-0.2, -0.15) is 0 Å². The van der Waals surface area contributed by atoms with Crippen LogP contribution in [0.5, 0.6) is 23.0 Å². The maximum Gasteiger partial charge on any atom is 0.355 e. The molecular formula is C51H59N3O14. The highest BCUT2D eigenvalue weighted by molar-refractivity contribution is 6.32. The Bertz CT molecular complexity index is 2560. The number of ether oxygens (including phenoxy) is 2. The average Bonchev–Trinajstić information content (AvgIpc) is 4.04. The number of amides is 1. The Morgan fingerprint density at radius 1 is 0.853 bits per heavy atom. The van der Waals surface area contributed by atoms with Gasteiger partial charge in [-0.25, -0.2) is 4.79 Å². The molecule has 0 unspecified atom stereocenters. The molecule has 3 aromatic carbocycles. The average molecular weight is 938 g/mol. The van der Waals surface area contributed by atoms with Gasteiger partial charge in [0.2, 0.25) is 0 Å². The number of nitrogens with zero attached hydrogens (tertiary/aromatic N) is 3. The van der Waals surface area contributed by atoms with E-state index in [0.717, 1.165) is 49.5 Å². The van der Waals surface area contributed by atoms with Crippen LogP contribution in [0.4, 0.5) is 5.69 Å². The van der Waals surface area contributed by atoms with E-state index < -0.39 is 88.8 Å². The fourth-order valence-corrected chi connectivity index (χ4v) is 12.1. The number of carbonyl (C=O) groups excluding carboxylic acids is 1. The summed E-state index contributed by atoms with van der Waals surface area (Å²) in [6, 6.07) is 14.1. The molecule has 0 bridgehead atoms. The Hall–Kier alpha value is -5.66. The van der Waals surface area contributed by atoms with E-state index in [9.17, 15) is 55.9 Å². The van der Waals surface area contributed by atoms with Gasteiger partial charge in [0.1, 0.15) is 36.5 Å². The van der Waals surface area contributed by atoms with E-state index in [0.29, 0.717) is 60.1 Å². The largest absolute Gasteiger partial charge is 0.508 e. The Morgan fingerprint density at radius 3 is 2.25 bits per heavy atom. The number of para-hydroxylation sites is 1. The molecule has 17 nitrogen and oxygen atoms in total. The second-order valence-electron chi connectivity index (χ2n) is 19.4. The number of hydrogen-bond acceptors (Lipinski definition) is 15. The van der Waals surface area contributed by atoms with Crippen LogP contribution >= 0.6 is 0 Å². The van der Waals surface area contributed by atoms with Gasteiger partial charge in [-0.15, -0.1) is 0 Å². The SMILES string of the molecule is O=C(/C=C/c1ccc(O)c(CC2=NCN=C2)c1)N1c2cc(O[C@]3(O)O[C@H](CO)[C@@H](O)[C@H](O)[C@H]3O)c(O)cc2[C@H]2[C@H](C3(c4ccccc4O)CCCCC3)C(CCC3(O)CCCCC3)=C[C@]21C(=O)O. The molecule has 0 radical (unpaired) electrons. The van der Waals surface area contributed by atoms with Gasteiger partial charge in [-0.1, -0.05) is 68.4 Å². The minimum Gasteiger partial charge on any atom is -0.508 e. The maximum absolute atomic E-state index is 15.3. The Kier molecular flexibility index (Phi) is 12.8. The normalized spacial score (nSPS) is 30.5. The third kappa shape index (κ3) is 8.16. The predicted molar refractivity (Wildman–Crippen MR) is 248 cm³/mol. The highest BCUT2D eigenvalue weighted by atomic mass is 16.8. The zero-order chi connectivity index (χ0) is 48.2. The molecule has 2 saturated carbocycles. The van der Waals surface area contributed by atoms with E-state index in [-0.39, 0.29) is 42.3 Å². The van der Waals surface area contributed by atoms with Gasteiger partial charge in [-0.05, 0) is 92.0 Å². The predicted octanol–water partition coefficient (Wildman–Crippen LogP) is 4.23. The smallest absolute Gasteiger partial charge is 0.355 e. The number of fused-ring (bicyclic) bond motifs is 3. The molecule has 3 aliphatic carbocycles. The summed E-state index contributed by atoms with van der Waals surface area (Å²) in [4.78, 5) is 39.4. The number of aliphatic carboxylic acids is 1. The third-order valence-corrected chi connectivity index (χ3v) is 15.3. The molecule has 8 atom stereocenters. The van der Waals surface area contributed by atoms with Gasteiger partial charge >= 0.3 is 11.9 Å². The fraction of sp³-hybridized carbons (Fsp3) is 0.490. The van der Waals surface area contributed by atoms with Crippen LogP contribution in [0.1, 0.15) is 105 Å². The number of phenolic OH excluding ortho intramolecular Hbond substituents is 3. The first-order valence-electron chi connectivity index (χ1n) is 23.5. The molecule has 1 amide bonds. The Labute approximate surface area is 392 Å². The molecule has 9 rings (SSSR count). The lowest BCUT2D eigenvalue weighted by Gasteiger charge is -2.48. The number of carbonyl (C=O) groups is 2. The number of aliphatic imine (C=N–C) groups is 2. The lowest BCUT2D eigenvalue weighted by molar-refractivity contribution is -0.422. The van der Waals surface area contributed by atoms with Gasteiger partial charge in [0.15, 0.2) is 23.1 Å². The molecule has 3 aliphatic heterocycles. The zero-order valence-electron chi connectivity index (χ0n) is 37.5. The van der Waals surface area contributed by atoms with E-state index in [4.69, 9.17) is 9.47 Å². The first-order chi connectivity index (χ1) is 32.5. The number of aliphatic hydroxyl groups is 6. The summed E-state index contributed by atoms with van der Waals surface area (Å²) < 4.78 is 11.1. The maximum atomic E-state index is 15.3. The van der Waals surface area contributed by atoms with E-state index in [1.165, 1.54) is 24.3 Å². The molecule has 0 aromatic heterocycles.